The summed E-state index contributed by atoms with van der Waals surface area (Å²) in [5, 5.41) is 3.14. The number of fused-ring (bicyclic) bond motifs is 2. The zero-order chi connectivity index (χ0) is 27.9. The minimum absolute atomic E-state index is 0.00214. The molecule has 206 valence electrons. The molecule has 0 aliphatic heterocycles. The van der Waals surface area contributed by atoms with Gasteiger partial charge in [-0.25, -0.2) is 22.2 Å². The van der Waals surface area contributed by atoms with Crippen LogP contribution in [0, 0.1) is 35.3 Å². The number of anilines is 1. The normalized spacial score (nSPS) is 27.6. The van der Waals surface area contributed by atoms with Gasteiger partial charge in [0.1, 0.15) is 23.0 Å². The third-order valence-corrected chi connectivity index (χ3v) is 10.2. The summed E-state index contributed by atoms with van der Waals surface area (Å²) in [7, 11) is -2.38. The van der Waals surface area contributed by atoms with Gasteiger partial charge in [0.05, 0.1) is 17.3 Å². The Morgan fingerprint density at radius 1 is 1.13 bits per heavy atom. The van der Waals surface area contributed by atoms with E-state index in [1.807, 2.05) is 6.92 Å². The Morgan fingerprint density at radius 2 is 1.90 bits per heavy atom. The number of nitrogens with one attached hydrogen (secondary N) is 1. The lowest BCUT2D eigenvalue weighted by Crippen LogP contribution is -2.51. The average molecular weight is 557 g/mol. The molecule has 0 saturated heterocycles. The number of carbonyl (C=O) groups excluding carboxylic acids is 1. The largest absolute Gasteiger partial charge is 0.347 e. The SMILES string of the molecule is CN(c1ccc2c(=O)c(C(=O)NC3(C)CC4CC5CC(C3)C5C4)cn(-c3ccc(F)cc3F)c2n1)S(C)(=O)=O. The zero-order valence-electron chi connectivity index (χ0n) is 21.9. The van der Waals surface area contributed by atoms with Crippen LogP contribution in [-0.4, -0.2) is 42.7 Å². The molecule has 1 N–H and O–H groups in total. The number of rotatable bonds is 5. The fraction of sp³-hybridized carbons (Fsp3) is 0.464. The van der Waals surface area contributed by atoms with Crippen molar-refractivity contribution in [2.45, 2.75) is 44.6 Å². The summed E-state index contributed by atoms with van der Waals surface area (Å²) in [5.74, 6) is 0.387. The van der Waals surface area contributed by atoms with E-state index >= 15 is 0 Å². The second kappa shape index (κ2) is 8.84. The molecule has 11 heteroatoms. The van der Waals surface area contributed by atoms with Crippen LogP contribution >= 0.6 is 0 Å². The van der Waals surface area contributed by atoms with Crippen molar-refractivity contribution in [2.75, 3.05) is 17.6 Å². The Morgan fingerprint density at radius 3 is 2.62 bits per heavy atom. The summed E-state index contributed by atoms with van der Waals surface area (Å²) < 4.78 is 55.1. The van der Waals surface area contributed by atoms with Gasteiger partial charge in [0, 0.05) is 24.8 Å². The summed E-state index contributed by atoms with van der Waals surface area (Å²) in [6, 6.07) is 5.66. The van der Waals surface area contributed by atoms with E-state index in [0.717, 1.165) is 41.3 Å². The van der Waals surface area contributed by atoms with Crippen LogP contribution in [0.15, 0.2) is 41.3 Å². The van der Waals surface area contributed by atoms with E-state index in [4.69, 9.17) is 0 Å². The molecule has 3 aliphatic carbocycles. The predicted molar refractivity (Wildman–Crippen MR) is 143 cm³/mol. The maximum Gasteiger partial charge on any atom is 0.257 e. The van der Waals surface area contributed by atoms with Crippen LogP contribution in [0.2, 0.25) is 0 Å². The first kappa shape index (κ1) is 25.9. The van der Waals surface area contributed by atoms with Crippen molar-refractivity contribution >= 4 is 32.8 Å². The van der Waals surface area contributed by atoms with Crippen LogP contribution in [0.4, 0.5) is 14.6 Å². The maximum absolute atomic E-state index is 15.0. The summed E-state index contributed by atoms with van der Waals surface area (Å²) in [4.78, 5) is 31.6. The number of amides is 1. The molecule has 3 saturated carbocycles. The summed E-state index contributed by atoms with van der Waals surface area (Å²) >= 11 is 0. The lowest BCUT2D eigenvalue weighted by Gasteiger charge is -2.46. The van der Waals surface area contributed by atoms with Crippen molar-refractivity contribution < 1.29 is 22.0 Å². The Bertz CT molecular complexity index is 1680. The first-order valence-electron chi connectivity index (χ1n) is 13.1. The van der Waals surface area contributed by atoms with Gasteiger partial charge in [0.2, 0.25) is 15.5 Å². The Hall–Kier alpha value is -3.34. The van der Waals surface area contributed by atoms with Crippen molar-refractivity contribution in [3.8, 4) is 5.69 Å². The van der Waals surface area contributed by atoms with Crippen molar-refractivity contribution in [2.24, 2.45) is 23.7 Å². The first-order chi connectivity index (χ1) is 18.3. The molecule has 6 rings (SSSR count). The zero-order valence-corrected chi connectivity index (χ0v) is 22.8. The molecule has 0 radical (unpaired) electrons. The van der Waals surface area contributed by atoms with Gasteiger partial charge in [-0.15, -0.1) is 0 Å². The number of halogens is 2. The quantitative estimate of drug-likeness (QED) is 0.512. The van der Waals surface area contributed by atoms with E-state index in [9.17, 15) is 26.8 Å². The Balaban J connectivity index is 1.46. The van der Waals surface area contributed by atoms with Crippen LogP contribution in [-0.2, 0) is 10.0 Å². The minimum atomic E-state index is -3.68. The molecule has 2 aromatic heterocycles. The van der Waals surface area contributed by atoms with Crippen molar-refractivity contribution in [3.05, 3.63) is 63.9 Å². The molecule has 39 heavy (non-hydrogen) atoms. The molecule has 3 aromatic rings. The number of pyridine rings is 2. The van der Waals surface area contributed by atoms with Crippen molar-refractivity contribution in [1.29, 1.82) is 0 Å². The van der Waals surface area contributed by atoms with E-state index in [-0.39, 0.29) is 28.1 Å². The lowest BCUT2D eigenvalue weighted by molar-refractivity contribution is 0.0570. The monoisotopic (exact) mass is 556 g/mol. The van der Waals surface area contributed by atoms with E-state index in [2.05, 4.69) is 10.3 Å². The van der Waals surface area contributed by atoms with Gasteiger partial charge in [-0.1, -0.05) is 0 Å². The fourth-order valence-electron chi connectivity index (χ4n) is 7.20. The third kappa shape index (κ3) is 4.40. The van der Waals surface area contributed by atoms with Crippen molar-refractivity contribution in [1.82, 2.24) is 14.9 Å². The maximum atomic E-state index is 15.0. The molecule has 2 heterocycles. The number of benzene rings is 1. The van der Waals surface area contributed by atoms with Gasteiger partial charge < -0.3 is 5.32 Å². The van der Waals surface area contributed by atoms with Crippen LogP contribution in [0.1, 0.15) is 49.4 Å². The summed E-state index contributed by atoms with van der Waals surface area (Å²) in [6.45, 7) is 2.03. The van der Waals surface area contributed by atoms with E-state index in [1.165, 1.54) is 55.3 Å². The lowest BCUT2D eigenvalue weighted by atomic mass is 9.62. The summed E-state index contributed by atoms with van der Waals surface area (Å²) in [5.41, 5.74) is -1.47. The molecular weight excluding hydrogens is 526 g/mol. The van der Waals surface area contributed by atoms with Gasteiger partial charge >= 0.3 is 0 Å². The molecule has 2 bridgehead atoms. The molecule has 1 amide bonds. The minimum Gasteiger partial charge on any atom is -0.347 e. The van der Waals surface area contributed by atoms with Crippen LogP contribution in [0.5, 0.6) is 0 Å². The average Bonchev–Trinajstić information content (AvgIpc) is 3.11. The number of sulfonamides is 1. The molecule has 5 atom stereocenters. The second-order valence-corrected chi connectivity index (χ2v) is 13.8. The third-order valence-electron chi connectivity index (χ3n) is 9.00. The van der Waals surface area contributed by atoms with E-state index < -0.39 is 38.5 Å². The highest BCUT2D eigenvalue weighted by molar-refractivity contribution is 7.92. The van der Waals surface area contributed by atoms with Crippen LogP contribution < -0.4 is 15.1 Å². The van der Waals surface area contributed by atoms with Gasteiger partial charge in [0.25, 0.3) is 5.91 Å². The topological polar surface area (TPSA) is 101 Å². The number of aromatic nitrogens is 2. The standard InChI is InChI=1S/C28H30F2N4O4S/c1-28(12-15-8-16-10-17(13-28)20(16)9-15)32-27(36)21-14-34(23-6-4-18(29)11-22(23)30)26-19(25(21)35)5-7-24(31-26)33(2)39(3,37)38/h4-7,11,14-17,20H,8-10,12-13H2,1-3H3,(H,32,36). The number of nitrogens with zero attached hydrogens (tertiary/aromatic N) is 3. The Kier molecular flexibility index (Phi) is 5.87. The molecule has 5 unspecified atom stereocenters. The van der Waals surface area contributed by atoms with E-state index in [1.54, 1.807) is 0 Å². The Labute approximate surface area is 225 Å². The predicted octanol–water partition coefficient (Wildman–Crippen LogP) is 4.00. The first-order valence-corrected chi connectivity index (χ1v) is 15.0. The van der Waals surface area contributed by atoms with Gasteiger partial charge in [-0.2, -0.15) is 0 Å². The number of hydrogen-bond donors (Lipinski definition) is 1. The molecule has 3 fully saturated rings. The second-order valence-electron chi connectivity index (χ2n) is 11.8. The number of carbonyl (C=O) groups is 1. The highest BCUT2D eigenvalue weighted by Crippen LogP contribution is 2.60. The van der Waals surface area contributed by atoms with Gasteiger partial charge in [-0.05, 0) is 87.0 Å². The van der Waals surface area contributed by atoms with Crippen molar-refractivity contribution in [3.63, 3.8) is 0 Å². The highest BCUT2D eigenvalue weighted by atomic mass is 32.2. The number of hydrogen-bond acceptors (Lipinski definition) is 5. The van der Waals surface area contributed by atoms with Gasteiger partial charge in [0.15, 0.2) is 5.65 Å². The van der Waals surface area contributed by atoms with E-state index in [0.29, 0.717) is 17.9 Å². The van der Waals surface area contributed by atoms with Crippen LogP contribution in [0.3, 0.4) is 0 Å². The van der Waals surface area contributed by atoms with Crippen LogP contribution in [0.25, 0.3) is 16.7 Å². The molecular formula is C28H30F2N4O4S. The molecule has 0 spiro atoms. The molecule has 1 aromatic carbocycles. The fourth-order valence-corrected chi connectivity index (χ4v) is 7.64. The molecule has 3 aliphatic rings. The smallest absolute Gasteiger partial charge is 0.257 e. The van der Waals surface area contributed by atoms with Gasteiger partial charge in [-0.3, -0.25) is 18.5 Å². The molecule has 8 nitrogen and oxygen atoms in total. The highest BCUT2D eigenvalue weighted by Gasteiger charge is 2.53. The summed E-state index contributed by atoms with van der Waals surface area (Å²) in [6.07, 6.45) is 7.49.